The van der Waals surface area contributed by atoms with Gasteiger partial charge in [0, 0.05) is 5.56 Å². The molecule has 2 unspecified atom stereocenters. The number of hydrogen-bond acceptors (Lipinski definition) is 2. The van der Waals surface area contributed by atoms with Crippen LogP contribution in [0.2, 0.25) is 0 Å². The number of ether oxygens (including phenoxy) is 1. The molecule has 0 N–H and O–H groups in total. The molecule has 7 heteroatoms. The molecule has 2 nitrogen and oxygen atoms in total. The van der Waals surface area contributed by atoms with E-state index in [1.807, 2.05) is 0 Å². The Hall–Kier alpha value is -2.34. The molecular weight excluding hydrogens is 420 g/mol. The molecular formula is C23H21ClF4O2. The van der Waals surface area contributed by atoms with E-state index in [-0.39, 0.29) is 12.4 Å². The molecule has 2 aromatic rings. The Morgan fingerprint density at radius 3 is 2.40 bits per heavy atom. The van der Waals surface area contributed by atoms with Crippen LogP contribution in [0.5, 0.6) is 0 Å². The van der Waals surface area contributed by atoms with E-state index >= 15 is 0 Å². The van der Waals surface area contributed by atoms with E-state index < -0.39 is 34.4 Å². The van der Waals surface area contributed by atoms with Gasteiger partial charge in [-0.1, -0.05) is 67.9 Å². The summed E-state index contributed by atoms with van der Waals surface area (Å²) in [6.07, 6.45) is -3.75. The third-order valence-corrected chi connectivity index (χ3v) is 6.08. The lowest BCUT2D eigenvalue weighted by Crippen LogP contribution is -2.11. The van der Waals surface area contributed by atoms with Crippen LogP contribution in [0, 0.1) is 30.0 Å². The first kappa shape index (κ1) is 22.3. The molecule has 160 valence electrons. The van der Waals surface area contributed by atoms with Crippen molar-refractivity contribution < 1.29 is 27.1 Å². The van der Waals surface area contributed by atoms with Crippen molar-refractivity contribution in [1.82, 2.24) is 0 Å². The summed E-state index contributed by atoms with van der Waals surface area (Å²) >= 11 is 5.32. The Labute approximate surface area is 177 Å². The number of alkyl halides is 3. The van der Waals surface area contributed by atoms with E-state index in [1.54, 1.807) is 57.2 Å². The van der Waals surface area contributed by atoms with Gasteiger partial charge in [-0.3, -0.25) is 4.79 Å². The Balaban J connectivity index is 1.73. The van der Waals surface area contributed by atoms with Gasteiger partial charge >= 0.3 is 12.1 Å². The fraction of sp³-hybridized carbons (Fsp3) is 0.348. The predicted molar refractivity (Wildman–Crippen MR) is 107 cm³/mol. The molecule has 2 atom stereocenters. The van der Waals surface area contributed by atoms with Crippen LogP contribution in [0.4, 0.5) is 17.6 Å². The van der Waals surface area contributed by atoms with E-state index in [9.17, 15) is 22.4 Å². The maximum atomic E-state index is 14.2. The fourth-order valence-corrected chi connectivity index (χ4v) is 3.88. The van der Waals surface area contributed by atoms with Gasteiger partial charge in [-0.25, -0.2) is 4.39 Å². The Morgan fingerprint density at radius 2 is 1.77 bits per heavy atom. The van der Waals surface area contributed by atoms with E-state index in [4.69, 9.17) is 16.3 Å². The largest absolute Gasteiger partial charge is 0.461 e. The summed E-state index contributed by atoms with van der Waals surface area (Å²) in [5.41, 5.74) is 1.92. The smallest absolute Gasteiger partial charge is 0.426 e. The summed E-state index contributed by atoms with van der Waals surface area (Å²) in [7, 11) is 0. The molecule has 0 radical (unpaired) electrons. The molecule has 0 bridgehead atoms. The third kappa shape index (κ3) is 4.38. The summed E-state index contributed by atoms with van der Waals surface area (Å²) < 4.78 is 57.6. The van der Waals surface area contributed by atoms with Gasteiger partial charge in [-0.15, -0.1) is 0 Å². The van der Waals surface area contributed by atoms with Crippen molar-refractivity contribution in [2.24, 2.45) is 17.3 Å². The van der Waals surface area contributed by atoms with Crippen LogP contribution < -0.4 is 0 Å². The molecule has 3 rings (SSSR count). The molecule has 0 heterocycles. The highest BCUT2D eigenvalue weighted by Gasteiger charge is 2.62. The van der Waals surface area contributed by atoms with Crippen LogP contribution in [0.25, 0.3) is 11.1 Å². The minimum atomic E-state index is -4.64. The number of hydrogen-bond donors (Lipinski definition) is 0. The lowest BCUT2D eigenvalue weighted by atomic mass is 9.96. The van der Waals surface area contributed by atoms with Gasteiger partial charge in [0.05, 0.1) is 5.92 Å². The van der Waals surface area contributed by atoms with E-state index in [0.29, 0.717) is 16.7 Å². The molecule has 2 aromatic carbocycles. The van der Waals surface area contributed by atoms with Gasteiger partial charge in [0.15, 0.2) is 0 Å². The zero-order valence-electron chi connectivity index (χ0n) is 16.7. The number of carbonyl (C=O) groups is 1. The van der Waals surface area contributed by atoms with Crippen molar-refractivity contribution >= 4 is 17.6 Å². The molecule has 0 aliphatic heterocycles. The Bertz CT molecular complexity index is 995. The van der Waals surface area contributed by atoms with Crippen LogP contribution >= 0.6 is 11.6 Å². The maximum absolute atomic E-state index is 14.2. The van der Waals surface area contributed by atoms with Crippen LogP contribution in [-0.4, -0.2) is 12.1 Å². The number of esters is 1. The van der Waals surface area contributed by atoms with Crippen LogP contribution in [0.3, 0.4) is 0 Å². The highest BCUT2D eigenvalue weighted by molar-refractivity contribution is 6.30. The predicted octanol–water partition coefficient (Wildman–Crippen LogP) is 6.80. The minimum absolute atomic E-state index is 0.0526. The lowest BCUT2D eigenvalue weighted by Gasteiger charge is -2.13. The molecule has 1 saturated carbocycles. The average molecular weight is 441 g/mol. The number of halogens is 5. The van der Waals surface area contributed by atoms with Gasteiger partial charge in [-0.2, -0.15) is 13.2 Å². The molecule has 1 aliphatic carbocycles. The number of allylic oxidation sites excluding steroid dienone is 2. The second kappa shape index (κ2) is 8.06. The summed E-state index contributed by atoms with van der Waals surface area (Å²) in [5.74, 6) is -2.29. The van der Waals surface area contributed by atoms with Crippen molar-refractivity contribution in [3.05, 3.63) is 70.5 Å². The topological polar surface area (TPSA) is 26.3 Å². The highest BCUT2D eigenvalue weighted by Crippen LogP contribution is 2.60. The Kier molecular flexibility index (Phi) is 6.01. The summed E-state index contributed by atoms with van der Waals surface area (Å²) in [6, 6.07) is 11.7. The first-order chi connectivity index (χ1) is 13.9. The number of carbonyl (C=O) groups excluding carboxylic acids is 1. The molecule has 30 heavy (non-hydrogen) atoms. The normalized spacial score (nSPS) is 20.7. The molecule has 1 fully saturated rings. The molecule has 0 amide bonds. The van der Waals surface area contributed by atoms with Crippen LogP contribution in [0.1, 0.15) is 25.0 Å². The number of benzene rings is 2. The molecule has 0 spiro atoms. The molecule has 0 aromatic heterocycles. The second-order valence-corrected chi connectivity index (χ2v) is 8.42. The van der Waals surface area contributed by atoms with Crippen molar-refractivity contribution in [2.45, 2.75) is 33.6 Å². The van der Waals surface area contributed by atoms with E-state index in [0.717, 1.165) is 11.6 Å². The van der Waals surface area contributed by atoms with Gasteiger partial charge in [0.1, 0.15) is 17.5 Å². The zero-order chi connectivity index (χ0) is 22.3. The second-order valence-electron chi connectivity index (χ2n) is 8.01. The zero-order valence-corrected chi connectivity index (χ0v) is 17.4. The average Bonchev–Trinajstić information content (AvgIpc) is 3.20. The standard InChI is InChI=1S/C23H21ClF4O2/c1-13-14(7-6-9-15(13)16-8-4-5-10-18(16)25)12-30-21(29)20-17(22(20,2)3)11-19(24)23(26,27)28/h4-11,17,20H,12H2,1-3H3. The summed E-state index contributed by atoms with van der Waals surface area (Å²) in [5, 5.41) is -1.23. The van der Waals surface area contributed by atoms with Gasteiger partial charge < -0.3 is 4.74 Å². The highest BCUT2D eigenvalue weighted by atomic mass is 35.5. The van der Waals surface area contributed by atoms with Crippen LogP contribution in [-0.2, 0) is 16.1 Å². The van der Waals surface area contributed by atoms with E-state index in [2.05, 4.69) is 0 Å². The van der Waals surface area contributed by atoms with Crippen LogP contribution in [0.15, 0.2) is 53.6 Å². The lowest BCUT2D eigenvalue weighted by molar-refractivity contribution is -0.147. The number of rotatable bonds is 5. The fourth-order valence-electron chi connectivity index (χ4n) is 3.74. The van der Waals surface area contributed by atoms with Crippen molar-refractivity contribution in [3.63, 3.8) is 0 Å². The summed E-state index contributed by atoms with van der Waals surface area (Å²) in [4.78, 5) is 12.5. The molecule has 1 aliphatic rings. The first-order valence-corrected chi connectivity index (χ1v) is 9.77. The minimum Gasteiger partial charge on any atom is -0.461 e. The quantitative estimate of drug-likeness (QED) is 0.377. The SMILES string of the molecule is Cc1c(COC(=O)C2C(C=C(Cl)C(F)(F)F)C2(C)C)cccc1-c1ccccc1F. The van der Waals surface area contributed by atoms with Crippen molar-refractivity contribution in [1.29, 1.82) is 0 Å². The third-order valence-electron chi connectivity index (χ3n) is 5.74. The van der Waals surface area contributed by atoms with Gasteiger partial charge in [0.25, 0.3) is 0 Å². The first-order valence-electron chi connectivity index (χ1n) is 9.39. The van der Waals surface area contributed by atoms with Crippen molar-refractivity contribution in [2.75, 3.05) is 0 Å². The maximum Gasteiger partial charge on any atom is 0.426 e. The molecule has 0 saturated heterocycles. The van der Waals surface area contributed by atoms with E-state index in [1.165, 1.54) is 6.07 Å². The van der Waals surface area contributed by atoms with Gasteiger partial charge in [0.2, 0.25) is 0 Å². The van der Waals surface area contributed by atoms with Crippen molar-refractivity contribution in [3.8, 4) is 11.1 Å². The summed E-state index contributed by atoms with van der Waals surface area (Å²) in [6.45, 7) is 5.15. The Morgan fingerprint density at radius 1 is 1.13 bits per heavy atom. The van der Waals surface area contributed by atoms with Gasteiger partial charge in [-0.05, 0) is 41.0 Å². The monoisotopic (exact) mass is 440 g/mol.